The summed E-state index contributed by atoms with van der Waals surface area (Å²) in [5.74, 6) is -1.18. The summed E-state index contributed by atoms with van der Waals surface area (Å²) in [6.45, 7) is 6.06. The Morgan fingerprint density at radius 3 is 1.80 bits per heavy atom. The van der Waals surface area contributed by atoms with Gasteiger partial charge in [0, 0.05) is 5.41 Å². The second-order valence-corrected chi connectivity index (χ2v) is 10.2. The summed E-state index contributed by atoms with van der Waals surface area (Å²) in [6, 6.07) is 0. The van der Waals surface area contributed by atoms with Crippen LogP contribution in [0.2, 0.25) is 0 Å². The van der Waals surface area contributed by atoms with Crippen LogP contribution in [0.5, 0.6) is 0 Å². The van der Waals surface area contributed by atoms with Gasteiger partial charge in [0.15, 0.2) is 0 Å². The zero-order valence-electron chi connectivity index (χ0n) is 20.6. The van der Waals surface area contributed by atoms with E-state index in [1.165, 1.54) is 57.8 Å². The SMILES string of the molecule is CCCCCCCCC=CCCCCCCC(C)(C)C(=O)NC(C(=O)O)[N+](C)(C)C. The van der Waals surface area contributed by atoms with E-state index in [-0.39, 0.29) is 10.4 Å². The lowest BCUT2D eigenvalue weighted by Gasteiger charge is -2.33. The van der Waals surface area contributed by atoms with Crippen molar-refractivity contribution in [2.24, 2.45) is 5.41 Å². The average molecular weight is 426 g/mol. The van der Waals surface area contributed by atoms with Crippen LogP contribution in [0, 0.1) is 5.41 Å². The smallest absolute Gasteiger partial charge is 0.385 e. The van der Waals surface area contributed by atoms with Gasteiger partial charge in [-0.25, -0.2) is 4.79 Å². The van der Waals surface area contributed by atoms with Crippen LogP contribution >= 0.6 is 0 Å². The summed E-state index contributed by atoms with van der Waals surface area (Å²) in [7, 11) is 5.32. The van der Waals surface area contributed by atoms with Gasteiger partial charge < -0.3 is 9.59 Å². The van der Waals surface area contributed by atoms with Crippen molar-refractivity contribution in [3.63, 3.8) is 0 Å². The number of likely N-dealkylation sites (N-methyl/N-ethyl adjacent to an activating group) is 1. The Balaban J connectivity index is 3.92. The standard InChI is InChI=1S/C25H48N2O3/c1-7-8-9-10-11-12-13-14-15-16-17-18-19-20-21-25(2,3)24(30)26-22(23(28)29)27(4,5)6/h14-15,22H,7-13,16-21H2,1-6H3,(H-,26,28,29,30)/p+1. The Hall–Kier alpha value is -1.36. The van der Waals surface area contributed by atoms with Crippen molar-refractivity contribution in [2.45, 2.75) is 110 Å². The summed E-state index contributed by atoms with van der Waals surface area (Å²) in [6.07, 6.45) is 19.4. The van der Waals surface area contributed by atoms with Gasteiger partial charge in [-0.05, 0) is 32.1 Å². The highest BCUT2D eigenvalue weighted by atomic mass is 16.4. The van der Waals surface area contributed by atoms with Gasteiger partial charge in [-0.15, -0.1) is 0 Å². The van der Waals surface area contributed by atoms with Gasteiger partial charge >= 0.3 is 5.97 Å². The number of nitrogens with one attached hydrogen (secondary N) is 1. The maximum atomic E-state index is 12.6. The van der Waals surface area contributed by atoms with Crippen LogP contribution in [0.3, 0.4) is 0 Å². The molecule has 0 aromatic carbocycles. The minimum Gasteiger partial charge on any atom is -0.475 e. The Kier molecular flexibility index (Phi) is 14.7. The normalized spacial score (nSPS) is 13.5. The molecule has 0 saturated heterocycles. The van der Waals surface area contributed by atoms with E-state index in [2.05, 4.69) is 24.4 Å². The Labute approximate surface area is 185 Å². The third kappa shape index (κ3) is 13.8. The molecule has 2 N–H and O–H groups in total. The number of hydrogen-bond acceptors (Lipinski definition) is 2. The fourth-order valence-electron chi connectivity index (χ4n) is 3.48. The van der Waals surface area contributed by atoms with Crippen LogP contribution in [0.4, 0.5) is 0 Å². The molecule has 0 aliphatic rings. The number of rotatable bonds is 18. The van der Waals surface area contributed by atoms with E-state index in [4.69, 9.17) is 0 Å². The minimum atomic E-state index is -1.00. The topological polar surface area (TPSA) is 66.4 Å². The number of quaternary nitrogens is 1. The summed E-state index contributed by atoms with van der Waals surface area (Å²) in [4.78, 5) is 24.1. The second kappa shape index (κ2) is 15.4. The number of nitrogens with zero attached hydrogens (tertiary/aromatic N) is 1. The predicted molar refractivity (Wildman–Crippen MR) is 126 cm³/mol. The van der Waals surface area contributed by atoms with Gasteiger partial charge in [-0.2, -0.15) is 0 Å². The monoisotopic (exact) mass is 425 g/mol. The largest absolute Gasteiger partial charge is 0.475 e. The molecule has 0 fully saturated rings. The zero-order chi connectivity index (χ0) is 23.0. The molecule has 1 atom stereocenters. The first kappa shape index (κ1) is 28.6. The molecule has 0 aromatic heterocycles. The van der Waals surface area contributed by atoms with Crippen LogP contribution in [0.15, 0.2) is 12.2 Å². The molecule has 0 spiro atoms. The number of allylic oxidation sites excluding steroid dienone is 2. The number of carbonyl (C=O) groups is 2. The minimum absolute atomic E-state index is 0.156. The Bertz CT molecular complexity index is 507. The second-order valence-electron chi connectivity index (χ2n) is 10.2. The number of hydrogen-bond donors (Lipinski definition) is 2. The number of amides is 1. The molecule has 0 heterocycles. The molecule has 30 heavy (non-hydrogen) atoms. The van der Waals surface area contributed by atoms with E-state index in [1.807, 2.05) is 13.8 Å². The first-order valence-corrected chi connectivity index (χ1v) is 12.0. The highest BCUT2D eigenvalue weighted by Gasteiger charge is 2.37. The van der Waals surface area contributed by atoms with Gasteiger partial charge in [0.2, 0.25) is 5.91 Å². The van der Waals surface area contributed by atoms with Crippen LogP contribution in [-0.2, 0) is 9.59 Å². The molecule has 0 saturated carbocycles. The van der Waals surface area contributed by atoms with E-state index in [9.17, 15) is 14.7 Å². The highest BCUT2D eigenvalue weighted by Crippen LogP contribution is 2.25. The molecule has 0 radical (unpaired) electrons. The molecule has 1 unspecified atom stereocenters. The summed E-state index contributed by atoms with van der Waals surface area (Å²) < 4.78 is 0.156. The number of carboxylic acid groups (broad SMARTS) is 1. The third-order valence-electron chi connectivity index (χ3n) is 5.70. The van der Waals surface area contributed by atoms with Crippen molar-refractivity contribution in [1.82, 2.24) is 5.32 Å². The average Bonchev–Trinajstić information content (AvgIpc) is 2.64. The van der Waals surface area contributed by atoms with Gasteiger partial charge in [-0.3, -0.25) is 10.1 Å². The van der Waals surface area contributed by atoms with Gasteiger partial charge in [0.05, 0.1) is 21.1 Å². The molecule has 0 aliphatic carbocycles. The first-order chi connectivity index (χ1) is 14.0. The van der Waals surface area contributed by atoms with Crippen LogP contribution in [0.1, 0.15) is 104 Å². The number of unbranched alkanes of at least 4 members (excludes halogenated alkanes) is 10. The first-order valence-electron chi connectivity index (χ1n) is 12.0. The van der Waals surface area contributed by atoms with Gasteiger partial charge in [0.1, 0.15) is 0 Å². The van der Waals surface area contributed by atoms with E-state index in [1.54, 1.807) is 21.1 Å². The van der Waals surface area contributed by atoms with Crippen molar-refractivity contribution in [1.29, 1.82) is 0 Å². The highest BCUT2D eigenvalue weighted by molar-refractivity contribution is 5.86. The molecular formula is C25H49N2O3+. The molecule has 0 rings (SSSR count). The van der Waals surface area contributed by atoms with E-state index in [0.717, 1.165) is 25.7 Å². The van der Waals surface area contributed by atoms with Crippen LogP contribution < -0.4 is 5.32 Å². The quantitative estimate of drug-likeness (QED) is 0.124. The van der Waals surface area contributed by atoms with Crippen molar-refractivity contribution in [2.75, 3.05) is 21.1 Å². The van der Waals surface area contributed by atoms with Crippen molar-refractivity contribution in [3.8, 4) is 0 Å². The summed E-state index contributed by atoms with van der Waals surface area (Å²) in [5.41, 5.74) is -0.556. The molecule has 5 heteroatoms. The maximum Gasteiger partial charge on any atom is 0.385 e. The van der Waals surface area contributed by atoms with Crippen molar-refractivity contribution < 1.29 is 19.2 Å². The molecule has 176 valence electrons. The van der Waals surface area contributed by atoms with Crippen molar-refractivity contribution >= 4 is 11.9 Å². The number of carbonyl (C=O) groups excluding carboxylic acids is 1. The van der Waals surface area contributed by atoms with E-state index >= 15 is 0 Å². The molecule has 0 aromatic rings. The molecule has 1 amide bonds. The third-order valence-corrected chi connectivity index (χ3v) is 5.70. The zero-order valence-corrected chi connectivity index (χ0v) is 20.6. The fourth-order valence-corrected chi connectivity index (χ4v) is 3.48. The Morgan fingerprint density at radius 2 is 1.33 bits per heavy atom. The van der Waals surface area contributed by atoms with Gasteiger partial charge in [-0.1, -0.05) is 84.3 Å². The van der Waals surface area contributed by atoms with Crippen molar-refractivity contribution in [3.05, 3.63) is 12.2 Å². The lowest BCUT2D eigenvalue weighted by molar-refractivity contribution is -0.889. The molecular weight excluding hydrogens is 376 g/mol. The number of aliphatic carboxylic acids is 1. The van der Waals surface area contributed by atoms with Crippen LogP contribution in [0.25, 0.3) is 0 Å². The lowest BCUT2D eigenvalue weighted by atomic mass is 9.85. The van der Waals surface area contributed by atoms with E-state index in [0.29, 0.717) is 0 Å². The summed E-state index contributed by atoms with van der Waals surface area (Å²) >= 11 is 0. The molecule has 5 nitrogen and oxygen atoms in total. The fraction of sp³-hybridized carbons (Fsp3) is 0.840. The molecule has 0 aliphatic heterocycles. The maximum absolute atomic E-state index is 12.6. The predicted octanol–water partition coefficient (Wildman–Crippen LogP) is 5.89. The lowest BCUT2D eigenvalue weighted by Crippen LogP contribution is -2.61. The Morgan fingerprint density at radius 1 is 0.867 bits per heavy atom. The van der Waals surface area contributed by atoms with E-state index < -0.39 is 17.6 Å². The number of carboxylic acids is 1. The summed E-state index contributed by atoms with van der Waals surface area (Å²) in [5, 5.41) is 12.1. The van der Waals surface area contributed by atoms with Gasteiger partial charge in [0.25, 0.3) is 6.17 Å². The molecule has 0 bridgehead atoms. The van der Waals surface area contributed by atoms with Crippen LogP contribution in [-0.4, -0.2) is 48.8 Å².